The van der Waals surface area contributed by atoms with Gasteiger partial charge in [0.1, 0.15) is 12.4 Å². The minimum absolute atomic E-state index is 0.229. The second-order valence-corrected chi connectivity index (χ2v) is 4.88. The molecule has 126 valence electrons. The number of carbonyl (C=O) groups is 1. The van der Waals surface area contributed by atoms with Crippen LogP contribution in [-0.2, 0) is 0 Å². The van der Waals surface area contributed by atoms with E-state index in [2.05, 4.69) is 11.9 Å². The highest BCUT2D eigenvalue weighted by atomic mass is 16.5. The third kappa shape index (κ3) is 4.52. The van der Waals surface area contributed by atoms with Gasteiger partial charge in [-0.2, -0.15) is 0 Å². The van der Waals surface area contributed by atoms with Crippen LogP contribution < -0.4 is 19.5 Å². The van der Waals surface area contributed by atoms with Crippen LogP contribution in [0.4, 0.5) is 5.69 Å². The summed E-state index contributed by atoms with van der Waals surface area (Å²) < 4.78 is 16.1. The van der Waals surface area contributed by atoms with E-state index in [1.165, 1.54) is 7.11 Å². The number of nitrogens with one attached hydrogen (secondary N) is 1. The molecular formula is C19H21NO4. The van der Waals surface area contributed by atoms with Gasteiger partial charge in [0.25, 0.3) is 5.91 Å². The molecule has 2 rings (SSSR count). The summed E-state index contributed by atoms with van der Waals surface area (Å²) in [6, 6.07) is 12.2. The van der Waals surface area contributed by atoms with Gasteiger partial charge in [-0.25, -0.2) is 0 Å². The Morgan fingerprint density at radius 3 is 2.50 bits per heavy atom. The Labute approximate surface area is 141 Å². The average Bonchev–Trinajstić information content (AvgIpc) is 2.61. The van der Waals surface area contributed by atoms with Crippen molar-refractivity contribution in [2.75, 3.05) is 25.6 Å². The second kappa shape index (κ2) is 8.62. The van der Waals surface area contributed by atoms with E-state index in [4.69, 9.17) is 14.2 Å². The highest BCUT2D eigenvalue weighted by molar-refractivity contribution is 6.04. The summed E-state index contributed by atoms with van der Waals surface area (Å²) in [5, 5.41) is 2.83. The van der Waals surface area contributed by atoms with Crippen LogP contribution in [0.2, 0.25) is 0 Å². The van der Waals surface area contributed by atoms with Crippen molar-refractivity contribution in [2.24, 2.45) is 0 Å². The summed E-state index contributed by atoms with van der Waals surface area (Å²) in [5.41, 5.74) is 1.17. The van der Waals surface area contributed by atoms with Crippen molar-refractivity contribution in [3.8, 4) is 17.2 Å². The van der Waals surface area contributed by atoms with Gasteiger partial charge in [0.05, 0.1) is 13.7 Å². The molecule has 0 atom stereocenters. The molecule has 0 aliphatic heterocycles. The Bertz CT molecular complexity index is 695. The predicted octanol–water partition coefficient (Wildman–Crippen LogP) is 3.91. The van der Waals surface area contributed by atoms with Crippen LogP contribution in [0.15, 0.2) is 55.1 Å². The molecule has 0 radical (unpaired) electrons. The number of benzene rings is 2. The predicted molar refractivity (Wildman–Crippen MR) is 94.3 cm³/mol. The van der Waals surface area contributed by atoms with Crippen molar-refractivity contribution in [3.05, 3.63) is 60.7 Å². The van der Waals surface area contributed by atoms with Crippen molar-refractivity contribution >= 4 is 11.6 Å². The first-order valence-corrected chi connectivity index (χ1v) is 7.64. The molecule has 5 nitrogen and oxygen atoms in total. The van der Waals surface area contributed by atoms with Gasteiger partial charge in [-0.1, -0.05) is 12.7 Å². The first-order valence-electron chi connectivity index (χ1n) is 7.64. The van der Waals surface area contributed by atoms with Crippen molar-refractivity contribution in [2.45, 2.75) is 6.92 Å². The zero-order valence-electron chi connectivity index (χ0n) is 13.9. The number of methoxy groups -OCH3 is 1. The lowest BCUT2D eigenvalue weighted by Crippen LogP contribution is -2.12. The minimum atomic E-state index is -0.229. The Kier molecular flexibility index (Phi) is 6.25. The fourth-order valence-corrected chi connectivity index (χ4v) is 2.08. The molecule has 0 fully saturated rings. The van der Waals surface area contributed by atoms with Crippen molar-refractivity contribution in [1.82, 2.24) is 0 Å². The standard InChI is InChI=1S/C19H21NO4/c1-4-12-24-17-11-6-14(13-18(17)22-3)19(21)20-15-7-9-16(10-8-15)23-5-2/h4,6-11,13H,1,5,12H2,2-3H3,(H,20,21). The summed E-state index contributed by atoms with van der Waals surface area (Å²) in [5.74, 6) is 1.60. The molecule has 0 aliphatic rings. The Balaban J connectivity index is 2.09. The molecule has 1 amide bonds. The number of amides is 1. The molecule has 1 N–H and O–H groups in total. The number of hydrogen-bond donors (Lipinski definition) is 1. The van der Waals surface area contributed by atoms with Crippen LogP contribution in [0.25, 0.3) is 0 Å². The topological polar surface area (TPSA) is 56.8 Å². The molecule has 0 spiro atoms. The van der Waals surface area contributed by atoms with E-state index < -0.39 is 0 Å². The van der Waals surface area contributed by atoms with E-state index in [1.54, 1.807) is 36.4 Å². The quantitative estimate of drug-likeness (QED) is 0.747. The molecule has 2 aromatic carbocycles. The molecular weight excluding hydrogens is 306 g/mol. The van der Waals surface area contributed by atoms with E-state index in [0.717, 1.165) is 5.75 Å². The average molecular weight is 327 g/mol. The number of carbonyl (C=O) groups excluding carboxylic acids is 1. The molecule has 0 unspecified atom stereocenters. The van der Waals surface area contributed by atoms with E-state index in [9.17, 15) is 4.79 Å². The molecule has 2 aromatic rings. The highest BCUT2D eigenvalue weighted by Crippen LogP contribution is 2.28. The maximum Gasteiger partial charge on any atom is 0.255 e. The summed E-state index contributed by atoms with van der Waals surface area (Å²) in [4.78, 5) is 12.4. The van der Waals surface area contributed by atoms with Crippen molar-refractivity contribution in [1.29, 1.82) is 0 Å². The lowest BCUT2D eigenvalue weighted by Gasteiger charge is -2.11. The molecule has 0 aromatic heterocycles. The van der Waals surface area contributed by atoms with Gasteiger partial charge in [-0.05, 0) is 49.4 Å². The first kappa shape index (κ1) is 17.4. The van der Waals surface area contributed by atoms with E-state index in [0.29, 0.717) is 36.0 Å². The zero-order valence-corrected chi connectivity index (χ0v) is 13.9. The fraction of sp³-hybridized carbons (Fsp3) is 0.211. The molecule has 5 heteroatoms. The molecule has 0 bridgehead atoms. The Hall–Kier alpha value is -2.95. The smallest absolute Gasteiger partial charge is 0.255 e. The Morgan fingerprint density at radius 2 is 1.88 bits per heavy atom. The molecule has 0 saturated carbocycles. The number of rotatable bonds is 8. The minimum Gasteiger partial charge on any atom is -0.494 e. The zero-order chi connectivity index (χ0) is 17.4. The van der Waals surface area contributed by atoms with Crippen LogP contribution >= 0.6 is 0 Å². The third-order valence-electron chi connectivity index (χ3n) is 3.21. The van der Waals surface area contributed by atoms with Gasteiger partial charge in [0, 0.05) is 11.3 Å². The van der Waals surface area contributed by atoms with E-state index in [1.807, 2.05) is 19.1 Å². The number of hydrogen-bond acceptors (Lipinski definition) is 4. The lowest BCUT2D eigenvalue weighted by molar-refractivity contribution is 0.102. The van der Waals surface area contributed by atoms with Crippen molar-refractivity contribution < 1.29 is 19.0 Å². The van der Waals surface area contributed by atoms with Gasteiger partial charge >= 0.3 is 0 Å². The second-order valence-electron chi connectivity index (χ2n) is 4.88. The van der Waals surface area contributed by atoms with Gasteiger partial charge in [0.15, 0.2) is 11.5 Å². The molecule has 24 heavy (non-hydrogen) atoms. The molecule has 0 heterocycles. The van der Waals surface area contributed by atoms with Crippen LogP contribution in [0.1, 0.15) is 17.3 Å². The summed E-state index contributed by atoms with van der Waals surface area (Å²) in [6.07, 6.45) is 1.64. The van der Waals surface area contributed by atoms with Crippen LogP contribution in [0, 0.1) is 0 Å². The largest absolute Gasteiger partial charge is 0.494 e. The van der Waals surface area contributed by atoms with E-state index >= 15 is 0 Å². The summed E-state index contributed by atoms with van der Waals surface area (Å²) >= 11 is 0. The lowest BCUT2D eigenvalue weighted by atomic mass is 10.2. The normalized spacial score (nSPS) is 9.92. The van der Waals surface area contributed by atoms with Crippen molar-refractivity contribution in [3.63, 3.8) is 0 Å². The van der Waals surface area contributed by atoms with Gasteiger partial charge < -0.3 is 19.5 Å². The first-order chi connectivity index (χ1) is 11.7. The van der Waals surface area contributed by atoms with Gasteiger partial charge in [-0.15, -0.1) is 0 Å². The van der Waals surface area contributed by atoms with Gasteiger partial charge in [0.2, 0.25) is 0 Å². The monoisotopic (exact) mass is 327 g/mol. The summed E-state index contributed by atoms with van der Waals surface area (Å²) in [7, 11) is 1.53. The fourth-order valence-electron chi connectivity index (χ4n) is 2.08. The molecule has 0 aliphatic carbocycles. The highest BCUT2D eigenvalue weighted by Gasteiger charge is 2.11. The SMILES string of the molecule is C=CCOc1ccc(C(=O)Nc2ccc(OCC)cc2)cc1OC. The number of anilines is 1. The summed E-state index contributed by atoms with van der Waals surface area (Å²) in [6.45, 7) is 6.50. The number of ether oxygens (including phenoxy) is 3. The van der Waals surface area contributed by atoms with Crippen LogP contribution in [0.3, 0.4) is 0 Å². The Morgan fingerprint density at radius 1 is 1.12 bits per heavy atom. The molecule has 0 saturated heterocycles. The van der Waals surface area contributed by atoms with Crippen LogP contribution in [-0.4, -0.2) is 26.2 Å². The third-order valence-corrected chi connectivity index (χ3v) is 3.21. The van der Waals surface area contributed by atoms with Gasteiger partial charge in [-0.3, -0.25) is 4.79 Å². The van der Waals surface area contributed by atoms with Crippen LogP contribution in [0.5, 0.6) is 17.2 Å². The maximum absolute atomic E-state index is 12.4. The maximum atomic E-state index is 12.4. The van der Waals surface area contributed by atoms with E-state index in [-0.39, 0.29) is 5.91 Å².